The Balaban J connectivity index is 2.31. The van der Waals surface area contributed by atoms with Crippen LogP contribution >= 0.6 is 0 Å². The predicted octanol–water partition coefficient (Wildman–Crippen LogP) is 4.89. The van der Waals surface area contributed by atoms with E-state index in [2.05, 4.69) is 4.98 Å². The van der Waals surface area contributed by atoms with Crippen molar-refractivity contribution in [1.29, 1.82) is 5.26 Å². The first kappa shape index (κ1) is 16.5. The van der Waals surface area contributed by atoms with E-state index in [9.17, 15) is 18.4 Å². The summed E-state index contributed by atoms with van der Waals surface area (Å²) < 4.78 is 40.1. The van der Waals surface area contributed by atoms with Crippen molar-refractivity contribution in [2.24, 2.45) is 0 Å². The molecule has 0 aliphatic rings. The van der Waals surface area contributed by atoms with Gasteiger partial charge in [0.05, 0.1) is 11.3 Å². The Morgan fingerprint density at radius 2 is 1.56 bits per heavy atom. The monoisotopic (exact) mass is 339 g/mol. The summed E-state index contributed by atoms with van der Waals surface area (Å²) in [6.07, 6.45) is -4.55. The highest BCUT2D eigenvalue weighted by atomic mass is 19.4. The number of alkyl halides is 3. The summed E-state index contributed by atoms with van der Waals surface area (Å²) in [6.45, 7) is 0. The van der Waals surface area contributed by atoms with Crippen molar-refractivity contribution in [3.8, 4) is 28.5 Å². The van der Waals surface area contributed by atoms with Crippen LogP contribution in [0.15, 0.2) is 60.7 Å². The van der Waals surface area contributed by atoms with Crippen LogP contribution in [0.25, 0.3) is 22.4 Å². The standard InChI is InChI=1S/C19H12F3N3/c20-19(21,22)16-9-5-4-8-13(16)14-10-17(12-6-2-1-3-7-12)25-18(24)15(14)11-23/h1-10H,(H2,24,25). The van der Waals surface area contributed by atoms with Gasteiger partial charge in [0.1, 0.15) is 17.5 Å². The van der Waals surface area contributed by atoms with E-state index < -0.39 is 11.7 Å². The number of rotatable bonds is 2. The van der Waals surface area contributed by atoms with Crippen LogP contribution in [0.1, 0.15) is 11.1 Å². The molecule has 2 aromatic carbocycles. The van der Waals surface area contributed by atoms with Crippen LogP contribution in [0.5, 0.6) is 0 Å². The Kier molecular flexibility index (Phi) is 4.15. The van der Waals surface area contributed by atoms with E-state index in [4.69, 9.17) is 5.73 Å². The summed E-state index contributed by atoms with van der Waals surface area (Å²) in [4.78, 5) is 4.17. The molecule has 0 aliphatic heterocycles. The summed E-state index contributed by atoms with van der Waals surface area (Å²) in [5, 5.41) is 9.36. The second kappa shape index (κ2) is 6.29. The molecule has 3 aromatic rings. The lowest BCUT2D eigenvalue weighted by molar-refractivity contribution is -0.137. The zero-order valence-electron chi connectivity index (χ0n) is 12.9. The summed E-state index contributed by atoms with van der Waals surface area (Å²) in [7, 11) is 0. The van der Waals surface area contributed by atoms with E-state index in [0.717, 1.165) is 6.07 Å². The molecule has 0 saturated heterocycles. The molecule has 0 fully saturated rings. The van der Waals surface area contributed by atoms with Crippen molar-refractivity contribution >= 4 is 5.82 Å². The van der Waals surface area contributed by atoms with Crippen molar-refractivity contribution in [3.63, 3.8) is 0 Å². The zero-order valence-corrected chi connectivity index (χ0v) is 12.9. The van der Waals surface area contributed by atoms with Crippen molar-refractivity contribution in [1.82, 2.24) is 4.98 Å². The quantitative estimate of drug-likeness (QED) is 0.723. The Morgan fingerprint density at radius 1 is 0.920 bits per heavy atom. The van der Waals surface area contributed by atoms with E-state index in [-0.39, 0.29) is 22.5 Å². The van der Waals surface area contributed by atoms with Crippen LogP contribution in [0.2, 0.25) is 0 Å². The predicted molar refractivity (Wildman–Crippen MR) is 89.2 cm³/mol. The van der Waals surface area contributed by atoms with Crippen molar-refractivity contribution in [3.05, 3.63) is 71.8 Å². The summed E-state index contributed by atoms with van der Waals surface area (Å²) in [5.41, 5.74) is 6.07. The fourth-order valence-corrected chi connectivity index (χ4v) is 2.62. The highest BCUT2D eigenvalue weighted by molar-refractivity contribution is 5.81. The molecule has 25 heavy (non-hydrogen) atoms. The van der Waals surface area contributed by atoms with Crippen molar-refractivity contribution in [2.45, 2.75) is 6.18 Å². The Hall–Kier alpha value is -3.33. The minimum absolute atomic E-state index is 0.0728. The maximum atomic E-state index is 13.4. The van der Waals surface area contributed by atoms with Crippen molar-refractivity contribution < 1.29 is 13.2 Å². The second-order valence-electron chi connectivity index (χ2n) is 5.34. The first-order chi connectivity index (χ1) is 11.9. The number of benzene rings is 2. The van der Waals surface area contributed by atoms with E-state index >= 15 is 0 Å². The van der Waals surface area contributed by atoms with Crippen LogP contribution < -0.4 is 5.73 Å². The Bertz CT molecular complexity index is 958. The van der Waals surface area contributed by atoms with Crippen LogP contribution in [0.3, 0.4) is 0 Å². The number of nitrogen functional groups attached to an aromatic ring is 1. The summed E-state index contributed by atoms with van der Waals surface area (Å²) in [6, 6.07) is 17.4. The first-order valence-corrected chi connectivity index (χ1v) is 7.34. The first-order valence-electron chi connectivity index (χ1n) is 7.34. The fourth-order valence-electron chi connectivity index (χ4n) is 2.62. The smallest absolute Gasteiger partial charge is 0.383 e. The molecular weight excluding hydrogens is 327 g/mol. The van der Waals surface area contributed by atoms with Gasteiger partial charge in [-0.15, -0.1) is 0 Å². The molecule has 3 rings (SSSR count). The van der Waals surface area contributed by atoms with Gasteiger partial charge in [-0.05, 0) is 17.7 Å². The molecule has 0 bridgehead atoms. The van der Waals surface area contributed by atoms with Gasteiger partial charge in [-0.3, -0.25) is 0 Å². The lowest BCUT2D eigenvalue weighted by Gasteiger charge is -2.15. The number of pyridine rings is 1. The van der Waals surface area contributed by atoms with Gasteiger partial charge < -0.3 is 5.73 Å². The number of aromatic nitrogens is 1. The Labute approximate surface area is 142 Å². The molecule has 124 valence electrons. The van der Waals surface area contributed by atoms with E-state index in [1.807, 2.05) is 12.1 Å². The minimum atomic E-state index is -4.55. The third-order valence-electron chi connectivity index (χ3n) is 3.75. The number of nitrogens with two attached hydrogens (primary N) is 1. The third kappa shape index (κ3) is 3.17. The number of hydrogen-bond donors (Lipinski definition) is 1. The molecule has 6 heteroatoms. The molecule has 0 amide bonds. The van der Waals surface area contributed by atoms with Gasteiger partial charge in [-0.25, -0.2) is 4.98 Å². The molecule has 3 nitrogen and oxygen atoms in total. The van der Waals surface area contributed by atoms with Gasteiger partial charge in [0, 0.05) is 11.1 Å². The molecular formula is C19H12F3N3. The number of hydrogen-bond acceptors (Lipinski definition) is 3. The molecule has 1 aromatic heterocycles. The molecule has 1 heterocycles. The maximum Gasteiger partial charge on any atom is 0.417 e. The van der Waals surface area contributed by atoms with Gasteiger partial charge in [0.2, 0.25) is 0 Å². The maximum absolute atomic E-state index is 13.4. The lowest BCUT2D eigenvalue weighted by atomic mass is 9.94. The van der Waals surface area contributed by atoms with E-state index in [1.165, 1.54) is 24.3 Å². The number of halogens is 3. The van der Waals surface area contributed by atoms with E-state index in [1.54, 1.807) is 24.3 Å². The zero-order chi connectivity index (χ0) is 18.0. The normalized spacial score (nSPS) is 11.1. The molecule has 0 spiro atoms. The molecule has 0 saturated carbocycles. The minimum Gasteiger partial charge on any atom is -0.383 e. The van der Waals surface area contributed by atoms with Crippen LogP contribution in [0.4, 0.5) is 19.0 Å². The van der Waals surface area contributed by atoms with Crippen LogP contribution in [-0.4, -0.2) is 4.98 Å². The summed E-state index contributed by atoms with van der Waals surface area (Å²) >= 11 is 0. The van der Waals surface area contributed by atoms with Gasteiger partial charge in [0.25, 0.3) is 0 Å². The largest absolute Gasteiger partial charge is 0.417 e. The number of nitrogens with zero attached hydrogens (tertiary/aromatic N) is 2. The Morgan fingerprint density at radius 3 is 2.20 bits per heavy atom. The van der Waals surface area contributed by atoms with Crippen molar-refractivity contribution in [2.75, 3.05) is 5.73 Å². The SMILES string of the molecule is N#Cc1c(-c2ccccc2C(F)(F)F)cc(-c2ccccc2)nc1N. The number of anilines is 1. The van der Waals surface area contributed by atoms with E-state index in [0.29, 0.717) is 11.3 Å². The fraction of sp³-hybridized carbons (Fsp3) is 0.0526. The average molecular weight is 339 g/mol. The molecule has 0 unspecified atom stereocenters. The average Bonchev–Trinajstić information content (AvgIpc) is 2.61. The van der Waals surface area contributed by atoms with Gasteiger partial charge in [0.15, 0.2) is 0 Å². The molecule has 0 radical (unpaired) electrons. The molecule has 0 aliphatic carbocycles. The van der Waals surface area contributed by atoms with Crippen LogP contribution in [0, 0.1) is 11.3 Å². The number of nitriles is 1. The van der Waals surface area contributed by atoms with Gasteiger partial charge in [-0.1, -0.05) is 48.5 Å². The van der Waals surface area contributed by atoms with Gasteiger partial charge >= 0.3 is 6.18 Å². The lowest BCUT2D eigenvalue weighted by Crippen LogP contribution is -2.08. The summed E-state index contributed by atoms with van der Waals surface area (Å²) in [5.74, 6) is -0.101. The second-order valence-corrected chi connectivity index (χ2v) is 5.34. The van der Waals surface area contributed by atoms with Crippen LogP contribution in [-0.2, 0) is 6.18 Å². The molecule has 0 atom stereocenters. The topological polar surface area (TPSA) is 62.7 Å². The highest BCUT2D eigenvalue weighted by Crippen LogP contribution is 2.39. The highest BCUT2D eigenvalue weighted by Gasteiger charge is 2.34. The van der Waals surface area contributed by atoms with Gasteiger partial charge in [-0.2, -0.15) is 18.4 Å². The third-order valence-corrected chi connectivity index (χ3v) is 3.75. The molecule has 2 N–H and O–H groups in total.